The molecular weight excluding hydrogens is 224 g/mol. The summed E-state index contributed by atoms with van der Waals surface area (Å²) in [6, 6.07) is 0. The van der Waals surface area contributed by atoms with Crippen molar-refractivity contribution in [1.29, 1.82) is 0 Å². The van der Waals surface area contributed by atoms with Gasteiger partial charge < -0.3 is 10.6 Å². The predicted octanol–water partition coefficient (Wildman–Crippen LogP) is 2.26. The largest absolute Gasteiger partial charge is 0.345 e. The van der Waals surface area contributed by atoms with Crippen molar-refractivity contribution in [3.05, 3.63) is 0 Å². The smallest absolute Gasteiger partial charge is 0.226 e. The maximum absolute atomic E-state index is 12.3. The van der Waals surface area contributed by atoms with E-state index in [0.29, 0.717) is 6.54 Å². The van der Waals surface area contributed by atoms with E-state index >= 15 is 0 Å². The van der Waals surface area contributed by atoms with Gasteiger partial charge in [-0.15, -0.1) is 0 Å². The van der Waals surface area contributed by atoms with Gasteiger partial charge in [0.25, 0.3) is 0 Å². The molecule has 0 aromatic heterocycles. The minimum absolute atomic E-state index is 0.0404. The van der Waals surface area contributed by atoms with E-state index in [9.17, 15) is 4.79 Å². The zero-order chi connectivity index (χ0) is 13.1. The van der Waals surface area contributed by atoms with Crippen LogP contribution in [0.4, 0.5) is 0 Å². The average Bonchev–Trinajstić information content (AvgIpc) is 2.97. The summed E-state index contributed by atoms with van der Waals surface area (Å²) in [5.41, 5.74) is 5.72. The van der Waals surface area contributed by atoms with Crippen LogP contribution in [0.15, 0.2) is 0 Å². The predicted molar refractivity (Wildman–Crippen MR) is 74.0 cm³/mol. The standard InChI is InChI=1S/C15H28N2O/c1-3-4-13(9-16)15(18)17(2)10-14-8-11-5-6-12(14)7-11/h11-14H,3-10,16H2,1-2H3. The van der Waals surface area contributed by atoms with Gasteiger partial charge in [-0.2, -0.15) is 0 Å². The van der Waals surface area contributed by atoms with Gasteiger partial charge in [0.15, 0.2) is 0 Å². The summed E-state index contributed by atoms with van der Waals surface area (Å²) in [5, 5.41) is 0. The van der Waals surface area contributed by atoms with Crippen molar-refractivity contribution in [3.63, 3.8) is 0 Å². The second-order valence-electron chi connectivity index (χ2n) is 6.38. The molecule has 104 valence electrons. The molecular formula is C15H28N2O. The Balaban J connectivity index is 1.83. The highest BCUT2D eigenvalue weighted by molar-refractivity contribution is 5.78. The lowest BCUT2D eigenvalue weighted by Gasteiger charge is -2.29. The van der Waals surface area contributed by atoms with Crippen LogP contribution in [0.3, 0.4) is 0 Å². The molecule has 2 aliphatic carbocycles. The lowest BCUT2D eigenvalue weighted by molar-refractivity contribution is -0.134. The van der Waals surface area contributed by atoms with E-state index < -0.39 is 0 Å². The normalized spacial score (nSPS) is 31.6. The molecule has 3 heteroatoms. The number of carbonyl (C=O) groups excluding carboxylic acids is 1. The fourth-order valence-electron chi connectivity index (χ4n) is 4.04. The second kappa shape index (κ2) is 6.05. The van der Waals surface area contributed by atoms with Crippen LogP contribution in [-0.4, -0.2) is 30.9 Å². The quantitative estimate of drug-likeness (QED) is 0.788. The number of amides is 1. The zero-order valence-electron chi connectivity index (χ0n) is 11.9. The molecule has 2 aliphatic rings. The van der Waals surface area contributed by atoms with E-state index in [1.807, 2.05) is 11.9 Å². The summed E-state index contributed by atoms with van der Waals surface area (Å²) in [6.45, 7) is 3.57. The number of carbonyl (C=O) groups is 1. The monoisotopic (exact) mass is 252 g/mol. The van der Waals surface area contributed by atoms with E-state index in [0.717, 1.165) is 37.1 Å². The van der Waals surface area contributed by atoms with Crippen LogP contribution in [0.1, 0.15) is 45.4 Å². The first kappa shape index (κ1) is 13.9. The van der Waals surface area contributed by atoms with Crippen molar-refractivity contribution >= 4 is 5.91 Å². The van der Waals surface area contributed by atoms with Gasteiger partial charge in [0, 0.05) is 20.1 Å². The average molecular weight is 252 g/mol. The number of fused-ring (bicyclic) bond motifs is 2. The van der Waals surface area contributed by atoms with Gasteiger partial charge in [-0.25, -0.2) is 0 Å². The number of nitrogens with two attached hydrogens (primary N) is 1. The summed E-state index contributed by atoms with van der Waals surface area (Å²) in [7, 11) is 1.96. The van der Waals surface area contributed by atoms with E-state index in [2.05, 4.69) is 6.92 Å². The number of nitrogens with zero attached hydrogens (tertiary/aromatic N) is 1. The van der Waals surface area contributed by atoms with Crippen molar-refractivity contribution in [2.24, 2.45) is 29.4 Å². The molecule has 1 amide bonds. The third-order valence-electron chi connectivity index (χ3n) is 5.04. The maximum atomic E-state index is 12.3. The molecule has 0 aliphatic heterocycles. The van der Waals surface area contributed by atoms with E-state index in [1.54, 1.807) is 0 Å². The first-order valence-corrected chi connectivity index (χ1v) is 7.60. The first-order valence-electron chi connectivity index (χ1n) is 7.60. The van der Waals surface area contributed by atoms with Crippen LogP contribution in [0.5, 0.6) is 0 Å². The molecule has 2 rings (SSSR count). The van der Waals surface area contributed by atoms with Gasteiger partial charge in [-0.05, 0) is 43.4 Å². The van der Waals surface area contributed by atoms with Crippen LogP contribution >= 0.6 is 0 Å². The van der Waals surface area contributed by atoms with E-state index in [1.165, 1.54) is 25.7 Å². The van der Waals surface area contributed by atoms with Gasteiger partial charge in [0.05, 0.1) is 5.92 Å². The number of hydrogen-bond acceptors (Lipinski definition) is 2. The highest BCUT2D eigenvalue weighted by Gasteiger charge is 2.40. The van der Waals surface area contributed by atoms with Gasteiger partial charge in [0.1, 0.15) is 0 Å². The van der Waals surface area contributed by atoms with Crippen molar-refractivity contribution in [2.45, 2.75) is 45.4 Å². The maximum Gasteiger partial charge on any atom is 0.226 e. The molecule has 0 radical (unpaired) electrons. The molecule has 0 heterocycles. The van der Waals surface area contributed by atoms with Gasteiger partial charge in [-0.3, -0.25) is 4.79 Å². The lowest BCUT2D eigenvalue weighted by atomic mass is 9.88. The van der Waals surface area contributed by atoms with Crippen molar-refractivity contribution < 1.29 is 4.79 Å². The Morgan fingerprint density at radius 3 is 2.67 bits per heavy atom. The van der Waals surface area contributed by atoms with Crippen LogP contribution in [0.2, 0.25) is 0 Å². The van der Waals surface area contributed by atoms with Crippen LogP contribution < -0.4 is 5.73 Å². The molecule has 2 saturated carbocycles. The van der Waals surface area contributed by atoms with Crippen molar-refractivity contribution in [2.75, 3.05) is 20.1 Å². The summed E-state index contributed by atoms with van der Waals surface area (Å²) >= 11 is 0. The molecule has 2 bridgehead atoms. The summed E-state index contributed by atoms with van der Waals surface area (Å²) < 4.78 is 0. The summed E-state index contributed by atoms with van der Waals surface area (Å²) in [6.07, 6.45) is 7.56. The third-order valence-corrected chi connectivity index (χ3v) is 5.04. The van der Waals surface area contributed by atoms with Crippen molar-refractivity contribution in [1.82, 2.24) is 4.90 Å². The van der Waals surface area contributed by atoms with Gasteiger partial charge in [-0.1, -0.05) is 19.8 Å². The SMILES string of the molecule is CCCC(CN)C(=O)N(C)CC1CC2CCC1C2. The third kappa shape index (κ3) is 2.87. The minimum Gasteiger partial charge on any atom is -0.345 e. The Bertz CT molecular complexity index is 292. The minimum atomic E-state index is 0.0404. The molecule has 3 nitrogen and oxygen atoms in total. The van der Waals surface area contributed by atoms with Crippen LogP contribution in [-0.2, 0) is 4.79 Å². The van der Waals surface area contributed by atoms with Gasteiger partial charge >= 0.3 is 0 Å². The molecule has 2 N–H and O–H groups in total. The molecule has 0 aromatic carbocycles. The molecule has 2 fully saturated rings. The molecule has 18 heavy (non-hydrogen) atoms. The Kier molecular flexibility index (Phi) is 4.66. The Hall–Kier alpha value is -0.570. The van der Waals surface area contributed by atoms with Crippen LogP contribution in [0.25, 0.3) is 0 Å². The summed E-state index contributed by atoms with van der Waals surface area (Å²) in [5.74, 6) is 2.93. The fourth-order valence-corrected chi connectivity index (χ4v) is 4.04. The molecule has 4 atom stereocenters. The zero-order valence-corrected chi connectivity index (χ0v) is 11.9. The second-order valence-corrected chi connectivity index (χ2v) is 6.38. The lowest BCUT2D eigenvalue weighted by Crippen LogP contribution is -2.40. The Morgan fingerprint density at radius 1 is 1.39 bits per heavy atom. The highest BCUT2D eigenvalue weighted by Crippen LogP contribution is 2.48. The molecule has 0 spiro atoms. The summed E-state index contributed by atoms with van der Waals surface area (Å²) in [4.78, 5) is 14.3. The Labute approximate surface area is 111 Å². The van der Waals surface area contributed by atoms with Gasteiger partial charge in [0.2, 0.25) is 5.91 Å². The van der Waals surface area contributed by atoms with Crippen molar-refractivity contribution in [3.8, 4) is 0 Å². The number of rotatable bonds is 6. The van der Waals surface area contributed by atoms with E-state index in [4.69, 9.17) is 5.73 Å². The number of hydrogen-bond donors (Lipinski definition) is 1. The Morgan fingerprint density at radius 2 is 2.17 bits per heavy atom. The molecule has 0 saturated heterocycles. The first-order chi connectivity index (χ1) is 8.65. The van der Waals surface area contributed by atoms with Crippen LogP contribution in [0, 0.1) is 23.7 Å². The molecule has 4 unspecified atom stereocenters. The van der Waals surface area contributed by atoms with E-state index in [-0.39, 0.29) is 11.8 Å². The molecule has 0 aromatic rings. The highest BCUT2D eigenvalue weighted by atomic mass is 16.2. The topological polar surface area (TPSA) is 46.3 Å². The fraction of sp³-hybridized carbons (Fsp3) is 0.933.